The number of rotatable bonds is 6. The van der Waals surface area contributed by atoms with E-state index in [1.54, 1.807) is 0 Å². The van der Waals surface area contributed by atoms with Crippen LogP contribution in [0.5, 0.6) is 0 Å². The van der Waals surface area contributed by atoms with E-state index < -0.39 is 0 Å². The van der Waals surface area contributed by atoms with E-state index in [0.29, 0.717) is 5.82 Å². The van der Waals surface area contributed by atoms with Gasteiger partial charge in [-0.3, -0.25) is 4.98 Å². The van der Waals surface area contributed by atoms with Crippen LogP contribution in [0.3, 0.4) is 0 Å². The third kappa shape index (κ3) is 3.40. The van der Waals surface area contributed by atoms with Crippen LogP contribution in [0.1, 0.15) is 43.7 Å². The largest absolute Gasteiger partial charge is 0.258 e. The maximum atomic E-state index is 4.71. The highest BCUT2D eigenvalue weighted by molar-refractivity contribution is 5.79. The van der Waals surface area contributed by atoms with Crippen LogP contribution in [0.4, 0.5) is 0 Å². The summed E-state index contributed by atoms with van der Waals surface area (Å²) in [5.74, 6) is 2.36. The first-order valence-corrected chi connectivity index (χ1v) is 9.38. The number of nitrogens with one attached hydrogen (secondary N) is 1. The number of hydrogen-bond acceptors (Lipinski definition) is 6. The first-order valence-electron chi connectivity index (χ1n) is 9.38. The lowest BCUT2D eigenvalue weighted by molar-refractivity contribution is 0.518. The van der Waals surface area contributed by atoms with Crippen molar-refractivity contribution in [2.75, 3.05) is 0 Å². The second-order valence-corrected chi connectivity index (χ2v) is 6.70. The van der Waals surface area contributed by atoms with Crippen LogP contribution in [0.25, 0.3) is 22.5 Å². The van der Waals surface area contributed by atoms with Crippen LogP contribution >= 0.6 is 0 Å². The van der Waals surface area contributed by atoms with Crippen LogP contribution < -0.4 is 0 Å². The Bertz CT molecular complexity index is 1050. The molecular weight excluding hydrogens is 352 g/mol. The summed E-state index contributed by atoms with van der Waals surface area (Å²) >= 11 is 0. The van der Waals surface area contributed by atoms with Crippen molar-refractivity contribution in [3.05, 3.63) is 59.9 Å². The lowest BCUT2D eigenvalue weighted by atomic mass is 10.00. The molecule has 1 aromatic carbocycles. The van der Waals surface area contributed by atoms with Gasteiger partial charge in [0.1, 0.15) is 11.6 Å². The minimum atomic E-state index is 0.0178. The number of H-pyrrole nitrogens is 1. The second-order valence-electron chi connectivity index (χ2n) is 6.70. The lowest BCUT2D eigenvalue weighted by Crippen LogP contribution is -2.13. The quantitative estimate of drug-likeness (QED) is 0.555. The Balaban J connectivity index is 1.66. The number of aromatic amines is 1. The fraction of sp³-hybridized carbons (Fsp3) is 0.300. The molecule has 142 valence electrons. The van der Waals surface area contributed by atoms with E-state index in [0.717, 1.165) is 46.9 Å². The molecule has 8 heteroatoms. The van der Waals surface area contributed by atoms with Crippen molar-refractivity contribution < 1.29 is 0 Å². The zero-order valence-electron chi connectivity index (χ0n) is 16.2. The third-order valence-corrected chi connectivity index (χ3v) is 4.69. The number of aryl methyl sites for hydroxylation is 2. The Morgan fingerprint density at radius 3 is 2.61 bits per heavy atom. The van der Waals surface area contributed by atoms with Gasteiger partial charge < -0.3 is 0 Å². The number of pyridine rings is 1. The molecule has 4 aromatic rings. The predicted molar refractivity (Wildman–Crippen MR) is 105 cm³/mol. The molecule has 1 unspecified atom stereocenters. The van der Waals surface area contributed by atoms with Gasteiger partial charge in [0.25, 0.3) is 0 Å². The number of benzene rings is 1. The summed E-state index contributed by atoms with van der Waals surface area (Å²) < 4.78 is 1.98. The Labute approximate surface area is 163 Å². The normalized spacial score (nSPS) is 12.2. The summed E-state index contributed by atoms with van der Waals surface area (Å²) in [6.07, 6.45) is 3.82. The first-order chi connectivity index (χ1) is 13.7. The average molecular weight is 374 g/mol. The van der Waals surface area contributed by atoms with Gasteiger partial charge >= 0.3 is 0 Å². The molecule has 0 saturated heterocycles. The molecule has 1 N–H and O–H groups in total. The number of aromatic nitrogens is 8. The number of nitrogens with zero attached hydrogens (tertiary/aromatic N) is 7. The first kappa shape index (κ1) is 18.0. The highest BCUT2D eigenvalue weighted by Gasteiger charge is 2.17. The van der Waals surface area contributed by atoms with Gasteiger partial charge in [-0.05, 0) is 37.1 Å². The van der Waals surface area contributed by atoms with E-state index in [1.807, 2.05) is 48.1 Å². The fourth-order valence-electron chi connectivity index (χ4n) is 3.32. The maximum Gasteiger partial charge on any atom is 0.205 e. The van der Waals surface area contributed by atoms with Crippen molar-refractivity contribution in [1.82, 2.24) is 40.4 Å². The third-order valence-electron chi connectivity index (χ3n) is 4.69. The van der Waals surface area contributed by atoms with Gasteiger partial charge in [-0.15, -0.1) is 10.2 Å². The highest BCUT2D eigenvalue weighted by atomic mass is 15.5. The molecule has 0 fully saturated rings. The molecule has 8 nitrogen and oxygen atoms in total. The smallest absolute Gasteiger partial charge is 0.205 e. The zero-order valence-corrected chi connectivity index (χ0v) is 16.2. The van der Waals surface area contributed by atoms with Gasteiger partial charge in [0.15, 0.2) is 0 Å². The summed E-state index contributed by atoms with van der Waals surface area (Å²) in [5.41, 5.74) is 3.87. The van der Waals surface area contributed by atoms with E-state index >= 15 is 0 Å². The van der Waals surface area contributed by atoms with Gasteiger partial charge in [-0.2, -0.15) is 10.3 Å². The average Bonchev–Trinajstić information content (AvgIpc) is 3.38. The molecule has 0 aliphatic heterocycles. The Kier molecular flexibility index (Phi) is 4.92. The molecule has 3 aromatic heterocycles. The van der Waals surface area contributed by atoms with Crippen molar-refractivity contribution in [2.45, 2.75) is 39.7 Å². The van der Waals surface area contributed by atoms with E-state index in [-0.39, 0.29) is 6.04 Å². The molecule has 4 rings (SSSR count). The van der Waals surface area contributed by atoms with Crippen LogP contribution in [-0.4, -0.2) is 40.4 Å². The molecular formula is C20H22N8. The van der Waals surface area contributed by atoms with Crippen molar-refractivity contribution in [3.8, 4) is 22.5 Å². The van der Waals surface area contributed by atoms with E-state index in [2.05, 4.69) is 50.6 Å². The van der Waals surface area contributed by atoms with Gasteiger partial charge in [-0.1, -0.05) is 37.3 Å². The zero-order chi connectivity index (χ0) is 19.5. The van der Waals surface area contributed by atoms with Gasteiger partial charge in [-0.25, -0.2) is 9.67 Å². The molecule has 0 bridgehead atoms. The molecule has 28 heavy (non-hydrogen) atoms. The van der Waals surface area contributed by atoms with E-state index in [9.17, 15) is 0 Å². The summed E-state index contributed by atoms with van der Waals surface area (Å²) in [4.78, 5) is 9.26. The SMILES string of the molecule is CCCc1nc(C)nn1C(C)c1ccc(-c2ccccc2-c2nn[nH]n2)cn1. The van der Waals surface area contributed by atoms with Crippen LogP contribution in [0.2, 0.25) is 0 Å². The van der Waals surface area contributed by atoms with Crippen LogP contribution in [0, 0.1) is 6.92 Å². The number of hydrogen-bond donors (Lipinski definition) is 1. The van der Waals surface area contributed by atoms with Crippen molar-refractivity contribution in [2.24, 2.45) is 0 Å². The maximum absolute atomic E-state index is 4.71. The fourth-order valence-corrected chi connectivity index (χ4v) is 3.32. The monoisotopic (exact) mass is 374 g/mol. The van der Waals surface area contributed by atoms with Crippen molar-refractivity contribution in [1.29, 1.82) is 0 Å². The Hall–Kier alpha value is -3.42. The minimum absolute atomic E-state index is 0.0178. The second kappa shape index (κ2) is 7.67. The number of tetrazole rings is 1. The highest BCUT2D eigenvalue weighted by Crippen LogP contribution is 2.30. The van der Waals surface area contributed by atoms with E-state index in [1.165, 1.54) is 0 Å². The summed E-state index contributed by atoms with van der Waals surface area (Å²) in [5, 5.41) is 18.9. The predicted octanol–water partition coefficient (Wildman–Crippen LogP) is 3.39. The molecule has 0 saturated carbocycles. The molecule has 3 heterocycles. The Morgan fingerprint density at radius 1 is 1.11 bits per heavy atom. The molecule has 1 atom stereocenters. The van der Waals surface area contributed by atoms with E-state index in [4.69, 9.17) is 4.98 Å². The van der Waals surface area contributed by atoms with Crippen molar-refractivity contribution >= 4 is 0 Å². The summed E-state index contributed by atoms with van der Waals surface area (Å²) in [6.45, 7) is 6.17. The topological polar surface area (TPSA) is 98.1 Å². The molecule has 0 aliphatic carbocycles. The Morgan fingerprint density at radius 2 is 1.93 bits per heavy atom. The van der Waals surface area contributed by atoms with Gasteiger partial charge in [0, 0.05) is 23.7 Å². The van der Waals surface area contributed by atoms with Crippen LogP contribution in [-0.2, 0) is 6.42 Å². The van der Waals surface area contributed by atoms with Crippen molar-refractivity contribution in [3.63, 3.8) is 0 Å². The summed E-state index contributed by atoms with van der Waals surface area (Å²) in [6, 6.07) is 12.1. The summed E-state index contributed by atoms with van der Waals surface area (Å²) in [7, 11) is 0. The minimum Gasteiger partial charge on any atom is -0.258 e. The van der Waals surface area contributed by atoms with Gasteiger partial charge in [0.05, 0.1) is 11.7 Å². The standard InChI is InChI=1S/C20H22N8/c1-4-7-19-22-14(3)25-28(19)13(2)18-11-10-15(12-21-18)16-8-5-6-9-17(16)20-23-26-27-24-20/h5-6,8-13H,4,7H2,1-3H3,(H,23,24,26,27). The molecule has 0 amide bonds. The molecule has 0 radical (unpaired) electrons. The molecule has 0 aliphatic rings. The van der Waals surface area contributed by atoms with Gasteiger partial charge in [0.2, 0.25) is 5.82 Å². The lowest BCUT2D eigenvalue weighted by Gasteiger charge is -2.15. The van der Waals surface area contributed by atoms with Crippen LogP contribution in [0.15, 0.2) is 42.6 Å². The molecule has 0 spiro atoms.